The molecule has 0 aliphatic carbocycles. The van der Waals surface area contributed by atoms with Crippen molar-refractivity contribution >= 4 is 49.1 Å². The molecule has 2 aromatic rings. The van der Waals surface area contributed by atoms with Gasteiger partial charge in [0.05, 0.1) is 5.75 Å². The summed E-state index contributed by atoms with van der Waals surface area (Å²) in [7, 11) is -2.95. The SMILES string of the molecule is CS(=O)(=O)CCSc1nc(NN)nc2sccc12. The molecule has 2 aromatic heterocycles. The van der Waals surface area contributed by atoms with Crippen molar-refractivity contribution in [2.24, 2.45) is 5.84 Å². The van der Waals surface area contributed by atoms with Crippen LogP contribution in [0.15, 0.2) is 16.5 Å². The molecular formula is C9H12N4O2S3. The highest BCUT2D eigenvalue weighted by Crippen LogP contribution is 2.29. The zero-order valence-corrected chi connectivity index (χ0v) is 12.0. The van der Waals surface area contributed by atoms with Crippen LogP contribution < -0.4 is 11.3 Å². The molecular weight excluding hydrogens is 292 g/mol. The predicted octanol–water partition coefficient (Wildman–Crippen LogP) is 1.11. The number of fused-ring (bicyclic) bond motifs is 1. The van der Waals surface area contributed by atoms with Gasteiger partial charge in [-0.2, -0.15) is 0 Å². The Labute approximate surface area is 113 Å². The first kappa shape index (κ1) is 13.5. The zero-order chi connectivity index (χ0) is 13.2. The number of hydrogen-bond donors (Lipinski definition) is 2. The smallest absolute Gasteiger partial charge is 0.239 e. The van der Waals surface area contributed by atoms with Crippen molar-refractivity contribution in [2.75, 3.05) is 23.2 Å². The molecule has 0 bridgehead atoms. The van der Waals surface area contributed by atoms with Crippen molar-refractivity contribution in [3.8, 4) is 0 Å². The number of nitrogens with two attached hydrogens (primary N) is 1. The number of thioether (sulfide) groups is 1. The molecule has 0 aliphatic rings. The van der Waals surface area contributed by atoms with Gasteiger partial charge in [0.1, 0.15) is 19.7 Å². The van der Waals surface area contributed by atoms with Crippen molar-refractivity contribution in [1.29, 1.82) is 0 Å². The lowest BCUT2D eigenvalue weighted by Gasteiger charge is -2.04. The number of anilines is 1. The largest absolute Gasteiger partial charge is 0.292 e. The molecule has 6 nitrogen and oxygen atoms in total. The lowest BCUT2D eigenvalue weighted by atomic mass is 10.4. The van der Waals surface area contributed by atoms with E-state index in [1.807, 2.05) is 11.4 Å². The maximum absolute atomic E-state index is 11.1. The fraction of sp³-hybridized carbons (Fsp3) is 0.333. The first-order valence-corrected chi connectivity index (χ1v) is 8.94. The maximum Gasteiger partial charge on any atom is 0.239 e. The Morgan fingerprint density at radius 2 is 2.28 bits per heavy atom. The summed E-state index contributed by atoms with van der Waals surface area (Å²) in [5, 5.41) is 3.59. The van der Waals surface area contributed by atoms with Gasteiger partial charge in [0.25, 0.3) is 0 Å². The molecule has 18 heavy (non-hydrogen) atoms. The molecule has 0 unspecified atom stereocenters. The third kappa shape index (κ3) is 3.31. The van der Waals surface area contributed by atoms with E-state index >= 15 is 0 Å². The second kappa shape index (κ2) is 5.39. The molecule has 2 rings (SSSR count). The van der Waals surface area contributed by atoms with E-state index in [0.717, 1.165) is 15.2 Å². The molecule has 0 fully saturated rings. The quantitative estimate of drug-likeness (QED) is 0.369. The van der Waals surface area contributed by atoms with Crippen molar-refractivity contribution in [2.45, 2.75) is 5.03 Å². The lowest BCUT2D eigenvalue weighted by Crippen LogP contribution is -2.11. The number of nitrogen functional groups attached to an aromatic ring is 1. The van der Waals surface area contributed by atoms with E-state index in [1.54, 1.807) is 0 Å². The first-order valence-electron chi connectivity index (χ1n) is 5.02. The van der Waals surface area contributed by atoms with Gasteiger partial charge in [0.2, 0.25) is 5.95 Å². The number of nitrogens with zero attached hydrogens (tertiary/aromatic N) is 2. The molecule has 0 radical (unpaired) electrons. The minimum Gasteiger partial charge on any atom is -0.292 e. The van der Waals surface area contributed by atoms with Crippen molar-refractivity contribution in [1.82, 2.24) is 9.97 Å². The Balaban J connectivity index is 2.23. The van der Waals surface area contributed by atoms with E-state index in [9.17, 15) is 8.42 Å². The molecule has 0 saturated carbocycles. The van der Waals surface area contributed by atoms with Crippen LogP contribution >= 0.6 is 23.1 Å². The van der Waals surface area contributed by atoms with Gasteiger partial charge in [-0.15, -0.1) is 23.1 Å². The molecule has 2 heterocycles. The fourth-order valence-electron chi connectivity index (χ4n) is 1.29. The van der Waals surface area contributed by atoms with Gasteiger partial charge in [0.15, 0.2) is 0 Å². The van der Waals surface area contributed by atoms with Crippen LogP contribution in [0.3, 0.4) is 0 Å². The number of hydrogen-bond acceptors (Lipinski definition) is 8. The average molecular weight is 304 g/mol. The molecule has 0 aromatic carbocycles. The number of nitrogens with one attached hydrogen (secondary N) is 1. The Hall–Kier alpha value is -0.900. The Morgan fingerprint density at radius 3 is 2.94 bits per heavy atom. The fourth-order valence-corrected chi connectivity index (χ4v) is 4.33. The van der Waals surface area contributed by atoms with Gasteiger partial charge in [-0.25, -0.2) is 24.2 Å². The topological polar surface area (TPSA) is 98.0 Å². The molecule has 9 heteroatoms. The number of sulfone groups is 1. The summed E-state index contributed by atoms with van der Waals surface area (Å²) in [6, 6.07) is 1.92. The van der Waals surface area contributed by atoms with Crippen LogP contribution in [0.5, 0.6) is 0 Å². The van der Waals surface area contributed by atoms with E-state index in [1.165, 1.54) is 29.4 Å². The molecule has 0 saturated heterocycles. The van der Waals surface area contributed by atoms with Gasteiger partial charge >= 0.3 is 0 Å². The summed E-state index contributed by atoms with van der Waals surface area (Å²) in [5.74, 6) is 6.23. The summed E-state index contributed by atoms with van der Waals surface area (Å²) in [5.41, 5.74) is 2.41. The third-order valence-corrected chi connectivity index (χ3v) is 5.12. The maximum atomic E-state index is 11.1. The van der Waals surface area contributed by atoms with Gasteiger partial charge in [-0.1, -0.05) is 0 Å². The molecule has 0 spiro atoms. The van der Waals surface area contributed by atoms with Crippen LogP contribution in [-0.2, 0) is 9.84 Å². The van der Waals surface area contributed by atoms with Crippen LogP contribution in [0, 0.1) is 0 Å². The number of hydrazine groups is 1. The first-order chi connectivity index (χ1) is 8.49. The molecule has 3 N–H and O–H groups in total. The highest BCUT2D eigenvalue weighted by Gasteiger charge is 2.10. The molecule has 98 valence electrons. The van der Waals surface area contributed by atoms with Crippen LogP contribution in [0.1, 0.15) is 0 Å². The average Bonchev–Trinajstić information content (AvgIpc) is 2.75. The van der Waals surface area contributed by atoms with Gasteiger partial charge in [-0.3, -0.25) is 5.43 Å². The molecule has 0 atom stereocenters. The summed E-state index contributed by atoms with van der Waals surface area (Å²) in [6.45, 7) is 0. The summed E-state index contributed by atoms with van der Waals surface area (Å²) in [6.07, 6.45) is 1.22. The third-order valence-electron chi connectivity index (χ3n) is 2.11. The van der Waals surface area contributed by atoms with Crippen LogP contribution in [0.2, 0.25) is 0 Å². The van der Waals surface area contributed by atoms with Crippen molar-refractivity contribution in [3.05, 3.63) is 11.4 Å². The number of thiophene rings is 1. The highest BCUT2D eigenvalue weighted by molar-refractivity contribution is 8.00. The molecule has 0 aliphatic heterocycles. The van der Waals surface area contributed by atoms with Crippen molar-refractivity contribution < 1.29 is 8.42 Å². The number of rotatable bonds is 5. The second-order valence-electron chi connectivity index (χ2n) is 3.61. The summed E-state index contributed by atoms with van der Waals surface area (Å²) >= 11 is 2.88. The summed E-state index contributed by atoms with van der Waals surface area (Å²) < 4.78 is 22.2. The van der Waals surface area contributed by atoms with Crippen LogP contribution in [-0.4, -0.2) is 36.1 Å². The van der Waals surface area contributed by atoms with Gasteiger partial charge in [0, 0.05) is 17.4 Å². The Kier molecular flexibility index (Phi) is 4.05. The molecule has 0 amide bonds. The monoisotopic (exact) mass is 304 g/mol. The second-order valence-corrected chi connectivity index (χ2v) is 7.85. The van der Waals surface area contributed by atoms with E-state index in [4.69, 9.17) is 5.84 Å². The normalized spacial score (nSPS) is 11.9. The van der Waals surface area contributed by atoms with Crippen LogP contribution in [0.25, 0.3) is 10.2 Å². The lowest BCUT2D eigenvalue weighted by molar-refractivity contribution is 0.603. The van der Waals surface area contributed by atoms with Crippen molar-refractivity contribution in [3.63, 3.8) is 0 Å². The number of aromatic nitrogens is 2. The Morgan fingerprint density at radius 1 is 1.50 bits per heavy atom. The van der Waals surface area contributed by atoms with E-state index in [0.29, 0.717) is 11.7 Å². The van der Waals surface area contributed by atoms with E-state index < -0.39 is 9.84 Å². The summed E-state index contributed by atoms with van der Waals surface area (Å²) in [4.78, 5) is 9.28. The van der Waals surface area contributed by atoms with Gasteiger partial charge < -0.3 is 0 Å². The minimum atomic E-state index is -2.95. The predicted molar refractivity (Wildman–Crippen MR) is 75.7 cm³/mol. The Bertz CT molecular complexity index is 653. The minimum absolute atomic E-state index is 0.124. The standard InChI is InChI=1S/C9H12N4O2S3/c1-18(14,15)5-4-17-8-6-2-3-16-7(6)11-9(12-8)13-10/h2-3H,4-5,10H2,1H3,(H,11,12,13). The highest BCUT2D eigenvalue weighted by atomic mass is 32.2. The van der Waals surface area contributed by atoms with E-state index in [2.05, 4.69) is 15.4 Å². The van der Waals surface area contributed by atoms with Crippen LogP contribution in [0.4, 0.5) is 5.95 Å². The van der Waals surface area contributed by atoms with Gasteiger partial charge in [-0.05, 0) is 11.4 Å². The van der Waals surface area contributed by atoms with E-state index in [-0.39, 0.29) is 5.75 Å². The zero-order valence-electron chi connectivity index (χ0n) is 9.58.